The summed E-state index contributed by atoms with van der Waals surface area (Å²) in [4.78, 5) is 36.7. The Morgan fingerprint density at radius 1 is 0.833 bits per heavy atom. The van der Waals surface area contributed by atoms with Gasteiger partial charge in [-0.3, -0.25) is 9.78 Å². The third-order valence-corrected chi connectivity index (χ3v) is 4.41. The molecule has 0 aliphatic rings. The Morgan fingerprint density at radius 2 is 1.47 bits per heavy atom. The molecule has 4 rings (SSSR count). The summed E-state index contributed by atoms with van der Waals surface area (Å²) in [6.07, 6.45) is 6.20. The lowest BCUT2D eigenvalue weighted by Crippen LogP contribution is -2.01. The summed E-state index contributed by atoms with van der Waals surface area (Å²) in [5.74, 6) is 0.637. The lowest BCUT2D eigenvalue weighted by atomic mass is 10.0. The second-order valence-corrected chi connectivity index (χ2v) is 6.34. The van der Waals surface area contributed by atoms with E-state index in [0.29, 0.717) is 18.6 Å². The first kappa shape index (κ1) is 20.6. The molecule has 6 nitrogen and oxygen atoms in total. The first-order chi connectivity index (χ1) is 14.7. The lowest BCUT2D eigenvalue weighted by Gasteiger charge is -2.04. The van der Waals surface area contributed by atoms with Crippen LogP contribution in [-0.4, -0.2) is 21.9 Å². The number of nitrogens with zero attached hydrogens (tertiary/aromatic N) is 2. The highest BCUT2D eigenvalue weighted by molar-refractivity contribution is 5.92. The van der Waals surface area contributed by atoms with Gasteiger partial charge < -0.3 is 4.42 Å². The number of rotatable bonds is 6. The lowest BCUT2D eigenvalue weighted by molar-refractivity contribution is -0.191. The number of pyridine rings is 1. The van der Waals surface area contributed by atoms with Crippen LogP contribution in [0.5, 0.6) is 0 Å². The van der Waals surface area contributed by atoms with Crippen LogP contribution in [0.15, 0.2) is 89.7 Å². The molecule has 148 valence electrons. The fourth-order valence-electron chi connectivity index (χ4n) is 2.91. The Morgan fingerprint density at radius 3 is 2.13 bits per heavy atom. The van der Waals surface area contributed by atoms with Gasteiger partial charge in [0.05, 0.1) is 6.20 Å². The van der Waals surface area contributed by atoms with Crippen LogP contribution in [0.3, 0.4) is 0 Å². The fourth-order valence-corrected chi connectivity index (χ4v) is 2.91. The number of carbonyl (C=O) groups excluding carboxylic acids is 3. The molecule has 0 unspecified atom stereocenters. The van der Waals surface area contributed by atoms with Crippen LogP contribution < -0.4 is 0 Å². The molecule has 2 aromatic heterocycles. The van der Waals surface area contributed by atoms with Gasteiger partial charge in [-0.2, -0.15) is 9.59 Å². The van der Waals surface area contributed by atoms with E-state index >= 15 is 0 Å². The first-order valence-corrected chi connectivity index (χ1v) is 9.24. The van der Waals surface area contributed by atoms with Gasteiger partial charge in [0.15, 0.2) is 5.76 Å². The second-order valence-electron chi connectivity index (χ2n) is 6.34. The topological polar surface area (TPSA) is 90.1 Å². The number of ketones is 1. The highest BCUT2D eigenvalue weighted by Gasteiger charge is 2.14. The molecule has 2 heterocycles. The highest BCUT2D eigenvalue weighted by Crippen LogP contribution is 2.22. The van der Waals surface area contributed by atoms with Crippen LogP contribution in [0.4, 0.5) is 0 Å². The Bertz CT molecular complexity index is 1110. The van der Waals surface area contributed by atoms with E-state index in [4.69, 9.17) is 14.0 Å². The Labute approximate surface area is 173 Å². The van der Waals surface area contributed by atoms with Gasteiger partial charge in [-0.15, -0.1) is 0 Å². The Balaban J connectivity index is 0.000000806. The summed E-state index contributed by atoms with van der Waals surface area (Å²) in [7, 11) is 0. The van der Waals surface area contributed by atoms with Gasteiger partial charge in [0.25, 0.3) is 5.89 Å². The van der Waals surface area contributed by atoms with Crippen LogP contribution in [0.25, 0.3) is 22.5 Å². The monoisotopic (exact) mass is 398 g/mol. The van der Waals surface area contributed by atoms with E-state index in [1.807, 2.05) is 30.3 Å². The van der Waals surface area contributed by atoms with Gasteiger partial charge >= 0.3 is 6.15 Å². The number of aromatic nitrogens is 2. The molecule has 0 fully saturated rings. The predicted octanol–water partition coefficient (Wildman–Crippen LogP) is 4.64. The van der Waals surface area contributed by atoms with Crippen molar-refractivity contribution in [3.8, 4) is 22.5 Å². The van der Waals surface area contributed by atoms with E-state index < -0.39 is 0 Å². The number of benzene rings is 2. The molecule has 0 bridgehead atoms. The van der Waals surface area contributed by atoms with E-state index in [1.54, 1.807) is 18.6 Å². The van der Waals surface area contributed by atoms with Crippen molar-refractivity contribution in [1.82, 2.24) is 9.97 Å². The fraction of sp³-hybridized carbons (Fsp3) is 0.0833. The molecule has 0 saturated heterocycles. The molecule has 6 heteroatoms. The summed E-state index contributed by atoms with van der Waals surface area (Å²) in [6.45, 7) is 0. The summed E-state index contributed by atoms with van der Waals surface area (Å²) in [5.41, 5.74) is 4.32. The smallest absolute Gasteiger partial charge is 0.373 e. The average molecular weight is 398 g/mol. The minimum atomic E-state index is -0.0950. The van der Waals surface area contributed by atoms with Crippen LogP contribution >= 0.6 is 0 Å². The van der Waals surface area contributed by atoms with Gasteiger partial charge in [-0.1, -0.05) is 54.6 Å². The van der Waals surface area contributed by atoms with Crippen molar-refractivity contribution >= 4 is 11.9 Å². The molecule has 0 N–H and O–H groups in total. The summed E-state index contributed by atoms with van der Waals surface area (Å²) in [5, 5.41) is 0. The molecular weight excluding hydrogens is 380 g/mol. The van der Waals surface area contributed by atoms with E-state index in [9.17, 15) is 4.79 Å². The minimum Gasteiger partial charge on any atom is -0.434 e. The summed E-state index contributed by atoms with van der Waals surface area (Å²) < 4.78 is 5.61. The maximum absolute atomic E-state index is 12.4. The van der Waals surface area contributed by atoms with E-state index in [2.05, 4.69) is 46.4 Å². The molecule has 0 spiro atoms. The van der Waals surface area contributed by atoms with Gasteiger partial charge in [-0.05, 0) is 35.2 Å². The predicted molar refractivity (Wildman–Crippen MR) is 109 cm³/mol. The molecule has 0 amide bonds. The molecule has 30 heavy (non-hydrogen) atoms. The normalized spacial score (nSPS) is 9.87. The van der Waals surface area contributed by atoms with Crippen molar-refractivity contribution in [2.45, 2.75) is 12.8 Å². The van der Waals surface area contributed by atoms with Crippen molar-refractivity contribution in [3.63, 3.8) is 0 Å². The second kappa shape index (κ2) is 10.4. The zero-order valence-corrected chi connectivity index (χ0v) is 16.0. The van der Waals surface area contributed by atoms with Crippen molar-refractivity contribution in [2.24, 2.45) is 0 Å². The van der Waals surface area contributed by atoms with E-state index in [0.717, 1.165) is 11.1 Å². The molecular formula is C24H18N2O4. The third kappa shape index (κ3) is 5.44. The molecule has 4 aromatic rings. The van der Waals surface area contributed by atoms with Gasteiger partial charge in [-0.25, -0.2) is 4.98 Å². The first-order valence-electron chi connectivity index (χ1n) is 9.24. The number of Topliss-reactive ketones (excluding diaryl/α,β-unsaturated/α-hetero) is 1. The van der Waals surface area contributed by atoms with Crippen LogP contribution in [0.2, 0.25) is 0 Å². The largest absolute Gasteiger partial charge is 0.434 e. The minimum absolute atomic E-state index is 0.0950. The summed E-state index contributed by atoms with van der Waals surface area (Å²) >= 11 is 0. The SMILES string of the molecule is O=C(CCc1ccc(-c2ccccc2)cc1)c1ncc(-c2ccncc2)o1.O=C=O. The highest BCUT2D eigenvalue weighted by atomic mass is 16.4. The average Bonchev–Trinajstić information content (AvgIpc) is 3.30. The number of carbonyl (C=O) groups is 1. The van der Waals surface area contributed by atoms with E-state index in [-0.39, 0.29) is 17.8 Å². The molecule has 0 radical (unpaired) electrons. The number of hydrogen-bond acceptors (Lipinski definition) is 6. The Hall–Kier alpha value is -4.15. The summed E-state index contributed by atoms with van der Waals surface area (Å²) in [6, 6.07) is 22.2. The zero-order chi connectivity index (χ0) is 21.2. The maximum atomic E-state index is 12.4. The van der Waals surface area contributed by atoms with Crippen LogP contribution in [0.1, 0.15) is 22.7 Å². The maximum Gasteiger partial charge on any atom is 0.373 e. The van der Waals surface area contributed by atoms with Crippen LogP contribution in [0, 0.1) is 0 Å². The van der Waals surface area contributed by atoms with Crippen molar-refractivity contribution in [2.75, 3.05) is 0 Å². The van der Waals surface area contributed by atoms with Crippen molar-refractivity contribution in [1.29, 1.82) is 0 Å². The van der Waals surface area contributed by atoms with E-state index in [1.165, 1.54) is 11.1 Å². The standard InChI is InChI=1S/C23H18N2O2.CO2/c26-21(23-25-16-22(27-23)20-12-14-24-15-13-20)11-8-17-6-9-19(10-7-17)18-4-2-1-3-5-18;2-1-3/h1-7,9-10,12-16H,8,11H2;. The zero-order valence-electron chi connectivity index (χ0n) is 16.0. The molecule has 0 aliphatic heterocycles. The molecule has 2 aromatic carbocycles. The van der Waals surface area contributed by atoms with Gasteiger partial charge in [0.2, 0.25) is 5.78 Å². The number of oxazole rings is 1. The molecule has 0 aliphatic carbocycles. The van der Waals surface area contributed by atoms with Crippen LogP contribution in [-0.2, 0) is 16.0 Å². The number of hydrogen-bond donors (Lipinski definition) is 0. The van der Waals surface area contributed by atoms with Gasteiger partial charge in [0.1, 0.15) is 0 Å². The molecule has 0 atom stereocenters. The Kier molecular flexibility index (Phi) is 7.14. The van der Waals surface area contributed by atoms with Gasteiger partial charge in [0, 0.05) is 24.4 Å². The third-order valence-electron chi connectivity index (χ3n) is 4.41. The number of aryl methyl sites for hydroxylation is 1. The molecule has 0 saturated carbocycles. The van der Waals surface area contributed by atoms with Crippen molar-refractivity contribution < 1.29 is 18.8 Å². The quantitative estimate of drug-likeness (QED) is 0.440. The van der Waals surface area contributed by atoms with Crippen molar-refractivity contribution in [3.05, 3.63) is 96.8 Å².